The average Bonchev–Trinajstić information content (AvgIpc) is 2.78. The Kier molecular flexibility index (Phi) is 4.53. The number of aryl methyl sites for hydroxylation is 2. The third kappa shape index (κ3) is 3.45. The maximum Gasteiger partial charge on any atom is 0.447 e. The summed E-state index contributed by atoms with van der Waals surface area (Å²) in [7, 11) is 3.22. The van der Waals surface area contributed by atoms with Gasteiger partial charge >= 0.3 is 11.2 Å². The summed E-state index contributed by atoms with van der Waals surface area (Å²) in [5.74, 6) is -0.717. The van der Waals surface area contributed by atoms with Crippen molar-refractivity contribution in [1.82, 2.24) is 14.1 Å². The Morgan fingerprint density at radius 3 is 2.54 bits per heavy atom. The van der Waals surface area contributed by atoms with Crippen LogP contribution < -0.4 is 11.0 Å². The number of benzene rings is 1. The summed E-state index contributed by atoms with van der Waals surface area (Å²) in [6.45, 7) is 0. The van der Waals surface area contributed by atoms with Gasteiger partial charge in [-0.05, 0) is 30.3 Å². The van der Waals surface area contributed by atoms with Crippen molar-refractivity contribution in [2.75, 3.05) is 5.32 Å². The highest BCUT2D eigenvalue weighted by molar-refractivity contribution is 8.00. The molecular weight excluding hydrogens is 369 g/mol. The van der Waals surface area contributed by atoms with Crippen LogP contribution in [0.15, 0.2) is 46.3 Å². The number of fused-ring (bicyclic) bond motifs is 1. The molecule has 0 aliphatic rings. The third-order valence-corrected chi connectivity index (χ3v) is 4.51. The van der Waals surface area contributed by atoms with Gasteiger partial charge in [-0.3, -0.25) is 13.9 Å². The molecule has 2 aromatic heterocycles. The van der Waals surface area contributed by atoms with Crippen molar-refractivity contribution in [2.24, 2.45) is 14.1 Å². The Balaban J connectivity index is 1.93. The second-order valence-corrected chi connectivity index (χ2v) is 6.52. The molecule has 10 heteroatoms. The Morgan fingerprint density at radius 2 is 1.85 bits per heavy atom. The van der Waals surface area contributed by atoms with Crippen LogP contribution in [0, 0.1) is 0 Å². The first kappa shape index (κ1) is 18.1. The quantitative estimate of drug-likeness (QED) is 0.707. The number of nitrogens with zero attached hydrogens (tertiary/aromatic N) is 3. The van der Waals surface area contributed by atoms with Gasteiger partial charge in [0.2, 0.25) is 0 Å². The number of nitrogens with one attached hydrogen (secondary N) is 1. The van der Waals surface area contributed by atoms with Crippen LogP contribution in [-0.4, -0.2) is 25.5 Å². The first-order chi connectivity index (χ1) is 12.2. The Bertz CT molecular complexity index is 1060. The van der Waals surface area contributed by atoms with Gasteiger partial charge in [0.25, 0.3) is 5.91 Å². The van der Waals surface area contributed by atoms with Crippen molar-refractivity contribution in [2.45, 2.75) is 10.5 Å². The maximum atomic E-state index is 12.6. The standard InChI is InChI=1S/C16H13F3N4O2S/c1-22-11-6-5-9(8-12(11)23(2)15(22)25)21-13(24)10-4-3-7-20-14(10)26-16(17,18)19/h3-8H,1-2H3,(H,21,24). The van der Waals surface area contributed by atoms with Crippen molar-refractivity contribution in [3.63, 3.8) is 0 Å². The van der Waals surface area contributed by atoms with Crippen LogP contribution in [0.25, 0.3) is 11.0 Å². The zero-order chi connectivity index (χ0) is 19.1. The second-order valence-electron chi connectivity index (χ2n) is 5.46. The molecule has 0 unspecified atom stereocenters. The number of halogens is 3. The number of anilines is 1. The van der Waals surface area contributed by atoms with Gasteiger partial charge in [-0.25, -0.2) is 9.78 Å². The molecule has 0 aliphatic heterocycles. The molecule has 3 aromatic rings. The minimum absolute atomic E-state index is 0.183. The fraction of sp³-hybridized carbons (Fsp3) is 0.188. The normalized spacial score (nSPS) is 11.7. The maximum absolute atomic E-state index is 12.6. The van der Waals surface area contributed by atoms with Gasteiger partial charge in [-0.15, -0.1) is 0 Å². The molecule has 0 radical (unpaired) electrons. The number of carbonyl (C=O) groups is 1. The van der Waals surface area contributed by atoms with Gasteiger partial charge in [0.05, 0.1) is 16.6 Å². The Hall–Kier alpha value is -2.75. The van der Waals surface area contributed by atoms with Crippen molar-refractivity contribution >= 4 is 34.4 Å². The topological polar surface area (TPSA) is 68.9 Å². The molecule has 3 rings (SSSR count). The Morgan fingerprint density at radius 1 is 1.15 bits per heavy atom. The zero-order valence-corrected chi connectivity index (χ0v) is 14.5. The number of hydrogen-bond donors (Lipinski definition) is 1. The van der Waals surface area contributed by atoms with E-state index in [0.29, 0.717) is 16.7 Å². The van der Waals surface area contributed by atoms with Gasteiger partial charge in [0.15, 0.2) is 0 Å². The van der Waals surface area contributed by atoms with Crippen molar-refractivity contribution in [3.8, 4) is 0 Å². The van der Waals surface area contributed by atoms with E-state index in [9.17, 15) is 22.8 Å². The minimum atomic E-state index is -4.55. The summed E-state index contributed by atoms with van der Waals surface area (Å²) in [6, 6.07) is 7.47. The van der Waals surface area contributed by atoms with E-state index in [1.54, 1.807) is 32.3 Å². The lowest BCUT2D eigenvalue weighted by Crippen LogP contribution is -2.19. The number of amides is 1. The predicted octanol–water partition coefficient (Wildman–Crippen LogP) is 3.14. The molecule has 0 fully saturated rings. The van der Waals surface area contributed by atoms with Crippen molar-refractivity contribution < 1.29 is 18.0 Å². The number of pyridine rings is 1. The first-order valence-corrected chi connectivity index (χ1v) is 8.16. The van der Waals surface area contributed by atoms with Crippen LogP contribution in [0.5, 0.6) is 0 Å². The summed E-state index contributed by atoms with van der Waals surface area (Å²) >= 11 is -0.444. The van der Waals surface area contributed by atoms with Crippen LogP contribution >= 0.6 is 11.8 Å². The van der Waals surface area contributed by atoms with Crippen molar-refractivity contribution in [1.29, 1.82) is 0 Å². The van der Waals surface area contributed by atoms with E-state index in [1.165, 1.54) is 27.5 Å². The molecule has 26 heavy (non-hydrogen) atoms. The van der Waals surface area contributed by atoms with E-state index in [4.69, 9.17) is 0 Å². The number of aromatic nitrogens is 3. The van der Waals surface area contributed by atoms with E-state index in [0.717, 1.165) is 0 Å². The molecule has 1 N–H and O–H groups in total. The fourth-order valence-electron chi connectivity index (χ4n) is 2.54. The molecule has 6 nitrogen and oxygen atoms in total. The number of carbonyl (C=O) groups excluding carboxylic acids is 1. The van der Waals surface area contributed by atoms with Gasteiger partial charge in [0, 0.05) is 37.7 Å². The number of alkyl halides is 3. The first-order valence-electron chi connectivity index (χ1n) is 7.35. The molecule has 0 saturated heterocycles. The second kappa shape index (κ2) is 6.52. The van der Waals surface area contributed by atoms with E-state index >= 15 is 0 Å². The van der Waals surface area contributed by atoms with Gasteiger partial charge in [-0.1, -0.05) is 0 Å². The highest BCUT2D eigenvalue weighted by Crippen LogP contribution is 2.37. The van der Waals surface area contributed by atoms with Crippen LogP contribution in [0.4, 0.5) is 18.9 Å². The van der Waals surface area contributed by atoms with Gasteiger partial charge < -0.3 is 5.32 Å². The number of hydrogen-bond acceptors (Lipinski definition) is 4. The summed E-state index contributed by atoms with van der Waals surface area (Å²) in [4.78, 5) is 28.0. The van der Waals surface area contributed by atoms with Gasteiger partial charge in [0.1, 0.15) is 5.03 Å². The summed E-state index contributed by atoms with van der Waals surface area (Å²) < 4.78 is 40.8. The number of rotatable bonds is 3. The number of thioether (sulfide) groups is 1. The Labute approximate surface area is 149 Å². The van der Waals surface area contributed by atoms with Gasteiger partial charge in [-0.2, -0.15) is 13.2 Å². The minimum Gasteiger partial charge on any atom is -0.322 e. The molecule has 136 valence electrons. The lowest BCUT2D eigenvalue weighted by molar-refractivity contribution is -0.0329. The molecular formula is C16H13F3N4O2S. The zero-order valence-electron chi connectivity index (χ0n) is 13.7. The summed E-state index contributed by atoms with van der Waals surface area (Å²) in [5.41, 5.74) is -3.34. The number of imidazole rings is 1. The van der Waals surface area contributed by atoms with Crippen LogP contribution in [0.1, 0.15) is 10.4 Å². The average molecular weight is 382 g/mol. The molecule has 0 spiro atoms. The van der Waals surface area contributed by atoms with Crippen LogP contribution in [0.3, 0.4) is 0 Å². The SMILES string of the molecule is Cn1c(=O)n(C)c2cc(NC(=O)c3cccnc3SC(F)(F)F)ccc21. The highest BCUT2D eigenvalue weighted by atomic mass is 32.2. The molecule has 2 heterocycles. The van der Waals surface area contributed by atoms with E-state index < -0.39 is 28.2 Å². The van der Waals surface area contributed by atoms with Crippen LogP contribution in [-0.2, 0) is 14.1 Å². The van der Waals surface area contributed by atoms with Crippen LogP contribution in [0.2, 0.25) is 0 Å². The fourth-order valence-corrected chi connectivity index (χ4v) is 3.14. The largest absolute Gasteiger partial charge is 0.447 e. The summed E-state index contributed by atoms with van der Waals surface area (Å²) in [5, 5.41) is 2.12. The smallest absolute Gasteiger partial charge is 0.322 e. The third-order valence-electron chi connectivity index (χ3n) is 3.76. The van der Waals surface area contributed by atoms with Crippen molar-refractivity contribution in [3.05, 3.63) is 52.6 Å². The van der Waals surface area contributed by atoms with E-state index in [-0.39, 0.29) is 11.3 Å². The molecule has 1 amide bonds. The molecule has 0 bridgehead atoms. The molecule has 0 saturated carbocycles. The molecule has 0 atom stereocenters. The highest BCUT2D eigenvalue weighted by Gasteiger charge is 2.32. The van der Waals surface area contributed by atoms with E-state index in [2.05, 4.69) is 10.3 Å². The predicted molar refractivity (Wildman–Crippen MR) is 92.3 cm³/mol. The monoisotopic (exact) mass is 382 g/mol. The lowest BCUT2D eigenvalue weighted by Gasteiger charge is -2.10. The summed E-state index contributed by atoms with van der Waals surface area (Å²) in [6.07, 6.45) is 1.19. The lowest BCUT2D eigenvalue weighted by atomic mass is 10.2. The molecule has 1 aromatic carbocycles. The molecule has 0 aliphatic carbocycles. The van der Waals surface area contributed by atoms with E-state index in [1.807, 2.05) is 0 Å².